The second-order valence-corrected chi connectivity index (χ2v) is 3.52. The van der Waals surface area contributed by atoms with Crippen molar-refractivity contribution in [2.75, 3.05) is 13.2 Å². The van der Waals surface area contributed by atoms with Crippen LogP contribution in [0.3, 0.4) is 0 Å². The Labute approximate surface area is 103 Å². The Morgan fingerprint density at radius 1 is 1.44 bits per heavy atom. The molecule has 96 valence electrons. The molecule has 2 rings (SSSR count). The molecule has 2 N–H and O–H groups in total. The molecule has 0 radical (unpaired) electrons. The molecule has 18 heavy (non-hydrogen) atoms. The molecule has 0 atom stereocenters. The summed E-state index contributed by atoms with van der Waals surface area (Å²) in [5.41, 5.74) is 1.28. The molecular formula is C11H13N3O4. The number of hydrogen-bond donors (Lipinski definition) is 2. The van der Waals surface area contributed by atoms with Gasteiger partial charge < -0.3 is 19.6 Å². The van der Waals surface area contributed by atoms with E-state index in [2.05, 4.69) is 15.0 Å². The summed E-state index contributed by atoms with van der Waals surface area (Å²) in [6.07, 6.45) is 0. The van der Waals surface area contributed by atoms with Gasteiger partial charge in [-0.25, -0.2) is 9.78 Å². The summed E-state index contributed by atoms with van der Waals surface area (Å²) in [5.74, 6) is 0.0322. The standard InChI is InChI=1S/C11H13N3O4/c1-2-18-9-4-3-7-11(14-9)13-8(12-7)5-17-6-10(15)16/h3-4H,2,5-6H2,1H3,(H,15,16)(H,12,13,14). The third kappa shape index (κ3) is 2.95. The fourth-order valence-electron chi connectivity index (χ4n) is 1.46. The van der Waals surface area contributed by atoms with Crippen molar-refractivity contribution in [1.82, 2.24) is 15.0 Å². The van der Waals surface area contributed by atoms with Crippen molar-refractivity contribution in [2.24, 2.45) is 0 Å². The zero-order valence-corrected chi connectivity index (χ0v) is 9.84. The Morgan fingerprint density at radius 3 is 3.00 bits per heavy atom. The molecule has 0 spiro atoms. The molecule has 0 saturated heterocycles. The number of nitrogens with zero attached hydrogens (tertiary/aromatic N) is 2. The van der Waals surface area contributed by atoms with E-state index in [4.69, 9.17) is 14.6 Å². The van der Waals surface area contributed by atoms with Gasteiger partial charge in [-0.05, 0) is 13.0 Å². The van der Waals surface area contributed by atoms with Crippen molar-refractivity contribution < 1.29 is 19.4 Å². The minimum atomic E-state index is -1.01. The van der Waals surface area contributed by atoms with E-state index in [1.54, 1.807) is 12.1 Å². The van der Waals surface area contributed by atoms with Gasteiger partial charge in [0.1, 0.15) is 19.0 Å². The maximum absolute atomic E-state index is 10.3. The molecule has 2 aromatic rings. The number of carbonyl (C=O) groups is 1. The molecular weight excluding hydrogens is 238 g/mol. The second kappa shape index (κ2) is 5.46. The third-order valence-corrected chi connectivity index (χ3v) is 2.13. The number of carboxylic acid groups (broad SMARTS) is 1. The summed E-state index contributed by atoms with van der Waals surface area (Å²) < 4.78 is 10.2. The van der Waals surface area contributed by atoms with E-state index in [1.807, 2.05) is 6.92 Å². The maximum atomic E-state index is 10.3. The van der Waals surface area contributed by atoms with Crippen molar-refractivity contribution >= 4 is 17.1 Å². The molecule has 0 unspecified atom stereocenters. The quantitative estimate of drug-likeness (QED) is 0.793. The first-order chi connectivity index (χ1) is 8.69. The largest absolute Gasteiger partial charge is 0.480 e. The summed E-state index contributed by atoms with van der Waals surface area (Å²) in [4.78, 5) is 21.7. The van der Waals surface area contributed by atoms with Crippen LogP contribution in [0.15, 0.2) is 12.1 Å². The van der Waals surface area contributed by atoms with E-state index in [-0.39, 0.29) is 13.2 Å². The Balaban J connectivity index is 2.09. The normalized spacial score (nSPS) is 10.7. The fraction of sp³-hybridized carbons (Fsp3) is 0.364. The highest BCUT2D eigenvalue weighted by Crippen LogP contribution is 2.14. The highest BCUT2D eigenvalue weighted by atomic mass is 16.5. The van der Waals surface area contributed by atoms with Gasteiger partial charge in [-0.3, -0.25) is 0 Å². The third-order valence-electron chi connectivity index (χ3n) is 2.13. The summed E-state index contributed by atoms with van der Waals surface area (Å²) in [6.45, 7) is 2.17. The maximum Gasteiger partial charge on any atom is 0.329 e. The lowest BCUT2D eigenvalue weighted by atomic mass is 10.4. The van der Waals surface area contributed by atoms with Gasteiger partial charge in [-0.2, -0.15) is 4.98 Å². The number of nitrogens with one attached hydrogen (secondary N) is 1. The van der Waals surface area contributed by atoms with Crippen molar-refractivity contribution in [1.29, 1.82) is 0 Å². The van der Waals surface area contributed by atoms with Crippen molar-refractivity contribution in [3.8, 4) is 5.88 Å². The van der Waals surface area contributed by atoms with Crippen molar-refractivity contribution in [3.63, 3.8) is 0 Å². The number of aromatic amines is 1. The number of hydrogen-bond acceptors (Lipinski definition) is 5. The van der Waals surface area contributed by atoms with E-state index in [0.717, 1.165) is 5.52 Å². The minimum Gasteiger partial charge on any atom is -0.480 e. The molecule has 0 bridgehead atoms. The van der Waals surface area contributed by atoms with Gasteiger partial charge in [0.05, 0.1) is 12.1 Å². The first-order valence-electron chi connectivity index (χ1n) is 5.47. The number of rotatable bonds is 6. The number of carboxylic acids is 1. The lowest BCUT2D eigenvalue weighted by Crippen LogP contribution is -2.07. The molecule has 2 aromatic heterocycles. The first-order valence-corrected chi connectivity index (χ1v) is 5.47. The Kier molecular flexibility index (Phi) is 3.73. The average molecular weight is 251 g/mol. The molecule has 7 nitrogen and oxygen atoms in total. The number of aromatic nitrogens is 3. The summed E-state index contributed by atoms with van der Waals surface area (Å²) >= 11 is 0. The predicted octanol–water partition coefficient (Wildman–Crippen LogP) is 0.958. The van der Waals surface area contributed by atoms with E-state index < -0.39 is 5.97 Å². The second-order valence-electron chi connectivity index (χ2n) is 3.52. The van der Waals surface area contributed by atoms with Gasteiger partial charge >= 0.3 is 5.97 Å². The molecule has 0 aliphatic carbocycles. The first kappa shape index (κ1) is 12.3. The van der Waals surface area contributed by atoms with Gasteiger partial charge in [-0.1, -0.05) is 0 Å². The van der Waals surface area contributed by atoms with Crippen molar-refractivity contribution in [3.05, 3.63) is 18.0 Å². The van der Waals surface area contributed by atoms with Gasteiger partial charge in [0, 0.05) is 6.07 Å². The molecule has 0 amide bonds. The molecule has 0 aromatic carbocycles. The van der Waals surface area contributed by atoms with Gasteiger partial charge in [0.2, 0.25) is 5.88 Å². The number of imidazole rings is 1. The number of fused-ring (bicyclic) bond motifs is 1. The minimum absolute atomic E-state index is 0.104. The number of H-pyrrole nitrogens is 1. The van der Waals surface area contributed by atoms with E-state index in [9.17, 15) is 4.79 Å². The predicted molar refractivity (Wildman–Crippen MR) is 62.3 cm³/mol. The van der Waals surface area contributed by atoms with Crippen LogP contribution in [0.1, 0.15) is 12.7 Å². The van der Waals surface area contributed by atoms with Gasteiger partial charge in [0.15, 0.2) is 5.65 Å². The lowest BCUT2D eigenvalue weighted by Gasteiger charge is -1.99. The average Bonchev–Trinajstić information content (AvgIpc) is 2.71. The molecule has 0 fully saturated rings. The van der Waals surface area contributed by atoms with Crippen LogP contribution in [-0.2, 0) is 16.1 Å². The smallest absolute Gasteiger partial charge is 0.329 e. The molecule has 0 aliphatic heterocycles. The highest BCUT2D eigenvalue weighted by Gasteiger charge is 2.06. The summed E-state index contributed by atoms with van der Waals surface area (Å²) in [7, 11) is 0. The Hall–Kier alpha value is -2.15. The van der Waals surface area contributed by atoms with Crippen LogP contribution in [0.4, 0.5) is 0 Å². The molecule has 0 saturated carbocycles. The zero-order chi connectivity index (χ0) is 13.0. The van der Waals surface area contributed by atoms with Gasteiger partial charge in [-0.15, -0.1) is 0 Å². The van der Waals surface area contributed by atoms with Crippen LogP contribution in [0.5, 0.6) is 5.88 Å². The Morgan fingerprint density at radius 2 is 2.28 bits per heavy atom. The molecule has 2 heterocycles. The van der Waals surface area contributed by atoms with Gasteiger partial charge in [0.25, 0.3) is 0 Å². The summed E-state index contributed by atoms with van der Waals surface area (Å²) in [6, 6.07) is 3.55. The number of pyridine rings is 1. The topological polar surface area (TPSA) is 97.3 Å². The van der Waals surface area contributed by atoms with Crippen LogP contribution in [0.2, 0.25) is 0 Å². The van der Waals surface area contributed by atoms with Crippen LogP contribution < -0.4 is 4.74 Å². The SMILES string of the molecule is CCOc1ccc2[nH]c(COCC(=O)O)nc2n1. The lowest BCUT2D eigenvalue weighted by molar-refractivity contribution is -0.142. The molecule has 7 heteroatoms. The van der Waals surface area contributed by atoms with E-state index >= 15 is 0 Å². The number of aliphatic carboxylic acids is 1. The van der Waals surface area contributed by atoms with Crippen LogP contribution in [-0.4, -0.2) is 39.2 Å². The van der Waals surface area contributed by atoms with Crippen LogP contribution >= 0.6 is 0 Å². The Bertz CT molecular complexity index is 552. The molecule has 0 aliphatic rings. The zero-order valence-electron chi connectivity index (χ0n) is 9.84. The highest BCUT2D eigenvalue weighted by molar-refractivity contribution is 5.71. The summed E-state index contributed by atoms with van der Waals surface area (Å²) in [5, 5.41) is 8.44. The monoisotopic (exact) mass is 251 g/mol. The van der Waals surface area contributed by atoms with Crippen molar-refractivity contribution in [2.45, 2.75) is 13.5 Å². The number of ether oxygens (including phenoxy) is 2. The van der Waals surface area contributed by atoms with E-state index in [1.165, 1.54) is 0 Å². The van der Waals surface area contributed by atoms with Crippen LogP contribution in [0.25, 0.3) is 11.2 Å². The van der Waals surface area contributed by atoms with E-state index in [0.29, 0.717) is 24.0 Å². The fourth-order valence-corrected chi connectivity index (χ4v) is 1.46. The van der Waals surface area contributed by atoms with Crippen LogP contribution in [0, 0.1) is 0 Å².